The third-order valence-electron chi connectivity index (χ3n) is 3.19. The summed E-state index contributed by atoms with van der Waals surface area (Å²) in [4.78, 5) is 4.05. The number of hydrogen-bond acceptors (Lipinski definition) is 4. The number of nitrogens with two attached hydrogens (primary N) is 1. The number of amidine groups is 1. The van der Waals surface area contributed by atoms with E-state index < -0.39 is 17.5 Å². The van der Waals surface area contributed by atoms with E-state index in [0.29, 0.717) is 11.8 Å². The smallest absolute Gasteiger partial charge is 0.194 e. The number of hydrogen-bond donors (Lipinski definition) is 1. The molecule has 0 aliphatic carbocycles. The normalized spacial score (nSPS) is 14.7. The highest BCUT2D eigenvalue weighted by Crippen LogP contribution is 2.19. The molecule has 7 heteroatoms. The van der Waals surface area contributed by atoms with Crippen molar-refractivity contribution in [3.63, 3.8) is 0 Å². The van der Waals surface area contributed by atoms with Gasteiger partial charge in [-0.1, -0.05) is 17.8 Å². The molecule has 22 heavy (non-hydrogen) atoms. The number of aliphatic imine (C=N–C) groups is 1. The Balaban J connectivity index is 1.65. The fourth-order valence-corrected chi connectivity index (χ4v) is 2.63. The van der Waals surface area contributed by atoms with Gasteiger partial charge >= 0.3 is 0 Å². The fraction of sp³-hybridized carbons (Fsp3) is 0.400. The molecule has 0 fully saturated rings. The Morgan fingerprint density at radius 1 is 1.18 bits per heavy atom. The fourth-order valence-electron chi connectivity index (χ4n) is 1.95. The zero-order valence-corrected chi connectivity index (χ0v) is 12.8. The van der Waals surface area contributed by atoms with Crippen LogP contribution in [0.1, 0.15) is 24.8 Å². The van der Waals surface area contributed by atoms with Crippen LogP contribution < -0.4 is 5.73 Å². The van der Waals surface area contributed by atoms with E-state index in [2.05, 4.69) is 4.99 Å². The summed E-state index contributed by atoms with van der Waals surface area (Å²) in [5.74, 6) is -2.97. The largest absolute Gasteiger partial charge is 0.378 e. The second kappa shape index (κ2) is 8.24. The number of ether oxygens (including phenoxy) is 1. The van der Waals surface area contributed by atoms with Gasteiger partial charge in [-0.2, -0.15) is 0 Å². The van der Waals surface area contributed by atoms with Crippen LogP contribution in [-0.4, -0.2) is 17.5 Å². The van der Waals surface area contributed by atoms with Crippen molar-refractivity contribution in [3.8, 4) is 0 Å². The molecule has 1 aliphatic heterocycles. The topological polar surface area (TPSA) is 47.6 Å². The summed E-state index contributed by atoms with van der Waals surface area (Å²) >= 11 is 1.52. The lowest BCUT2D eigenvalue weighted by atomic mass is 10.1. The van der Waals surface area contributed by atoms with E-state index in [1.807, 2.05) is 0 Å². The summed E-state index contributed by atoms with van der Waals surface area (Å²) in [6, 6.07) is 2.09. The third-order valence-corrected chi connectivity index (χ3v) is 4.11. The Labute approximate surface area is 131 Å². The predicted molar refractivity (Wildman–Crippen MR) is 82.0 cm³/mol. The quantitative estimate of drug-likeness (QED) is 0.612. The maximum Gasteiger partial charge on any atom is 0.194 e. The van der Waals surface area contributed by atoms with E-state index >= 15 is 0 Å². The monoisotopic (exact) mass is 330 g/mol. The van der Waals surface area contributed by atoms with Crippen molar-refractivity contribution in [2.75, 3.05) is 12.4 Å². The number of nitrogens with zero attached hydrogens (tertiary/aromatic N) is 1. The van der Waals surface area contributed by atoms with Gasteiger partial charge in [-0.25, -0.2) is 18.2 Å². The minimum atomic E-state index is -1.46. The number of halogens is 3. The lowest BCUT2D eigenvalue weighted by Gasteiger charge is -2.10. The van der Waals surface area contributed by atoms with Crippen LogP contribution in [0.2, 0.25) is 0 Å². The minimum Gasteiger partial charge on any atom is -0.378 e. The van der Waals surface area contributed by atoms with Gasteiger partial charge in [-0.05, 0) is 30.9 Å². The van der Waals surface area contributed by atoms with E-state index in [1.165, 1.54) is 23.4 Å². The summed E-state index contributed by atoms with van der Waals surface area (Å²) in [6.45, 7) is 0.368. The van der Waals surface area contributed by atoms with Crippen molar-refractivity contribution in [1.82, 2.24) is 0 Å². The number of thioether (sulfide) groups is 1. The van der Waals surface area contributed by atoms with Crippen molar-refractivity contribution < 1.29 is 17.9 Å². The van der Waals surface area contributed by atoms with Crippen LogP contribution in [0.4, 0.5) is 13.2 Å². The van der Waals surface area contributed by atoms with E-state index in [0.717, 1.165) is 31.1 Å². The number of unbranched alkanes of at least 4 members (excludes halogenated alkanes) is 1. The first kappa shape index (κ1) is 16.9. The maximum atomic E-state index is 13.4. The third kappa shape index (κ3) is 4.78. The van der Waals surface area contributed by atoms with Gasteiger partial charge in [0.15, 0.2) is 22.6 Å². The number of rotatable bonds is 7. The first-order chi connectivity index (χ1) is 10.6. The van der Waals surface area contributed by atoms with Crippen LogP contribution in [0.15, 0.2) is 28.9 Å². The zero-order chi connectivity index (χ0) is 15.9. The van der Waals surface area contributed by atoms with Crippen LogP contribution in [0, 0.1) is 17.5 Å². The summed E-state index contributed by atoms with van der Waals surface area (Å²) in [5.41, 5.74) is 6.80. The molecule has 2 rings (SSSR count). The highest BCUT2D eigenvalue weighted by molar-refractivity contribution is 8.14. The highest BCUT2D eigenvalue weighted by Gasteiger charge is 2.13. The molecule has 0 saturated carbocycles. The summed E-state index contributed by atoms with van der Waals surface area (Å²) in [6.07, 6.45) is 4.42. The Bertz CT molecular complexity index is 590. The van der Waals surface area contributed by atoms with Crippen LogP contribution >= 0.6 is 11.8 Å². The van der Waals surface area contributed by atoms with Gasteiger partial charge in [-0.3, -0.25) is 0 Å². The molecule has 0 radical (unpaired) electrons. The van der Waals surface area contributed by atoms with Crippen molar-refractivity contribution >= 4 is 16.9 Å². The standard InChI is InChI=1S/C15H17F3N2OS/c16-12-5-4-11(13(17)14(12)18)8-21-6-2-1-3-10-7-20-15(19)22-9-10/h4-5,7H,1-3,6,8-9H2,(H2,19,20). The summed E-state index contributed by atoms with van der Waals surface area (Å²) in [7, 11) is 0. The Morgan fingerprint density at radius 2 is 2.00 bits per heavy atom. The molecule has 0 saturated heterocycles. The van der Waals surface area contributed by atoms with E-state index in [1.54, 1.807) is 6.20 Å². The molecule has 0 atom stereocenters. The molecule has 0 amide bonds. The van der Waals surface area contributed by atoms with Gasteiger partial charge in [0.25, 0.3) is 0 Å². The van der Waals surface area contributed by atoms with Crippen LogP contribution in [0.5, 0.6) is 0 Å². The molecule has 1 heterocycles. The molecule has 1 aromatic rings. The molecule has 3 nitrogen and oxygen atoms in total. The lowest BCUT2D eigenvalue weighted by molar-refractivity contribution is 0.114. The van der Waals surface area contributed by atoms with E-state index in [4.69, 9.17) is 10.5 Å². The molecule has 0 aromatic heterocycles. The molecule has 0 bridgehead atoms. The van der Waals surface area contributed by atoms with Crippen molar-refractivity contribution in [1.29, 1.82) is 0 Å². The molecule has 0 spiro atoms. The van der Waals surface area contributed by atoms with Gasteiger partial charge in [-0.15, -0.1) is 0 Å². The van der Waals surface area contributed by atoms with E-state index in [-0.39, 0.29) is 12.2 Å². The van der Waals surface area contributed by atoms with Gasteiger partial charge in [0.2, 0.25) is 0 Å². The Morgan fingerprint density at radius 3 is 2.73 bits per heavy atom. The molecule has 120 valence electrons. The average Bonchev–Trinajstić information content (AvgIpc) is 2.52. The zero-order valence-electron chi connectivity index (χ0n) is 11.9. The van der Waals surface area contributed by atoms with Crippen LogP contribution in [0.3, 0.4) is 0 Å². The van der Waals surface area contributed by atoms with Crippen LogP contribution in [0.25, 0.3) is 0 Å². The molecular weight excluding hydrogens is 313 g/mol. The lowest BCUT2D eigenvalue weighted by Crippen LogP contribution is -2.10. The maximum absolute atomic E-state index is 13.4. The molecule has 1 aromatic carbocycles. The van der Waals surface area contributed by atoms with Gasteiger partial charge < -0.3 is 10.5 Å². The summed E-state index contributed by atoms with van der Waals surface area (Å²) in [5, 5.41) is 0.584. The van der Waals surface area contributed by atoms with E-state index in [9.17, 15) is 13.2 Å². The minimum absolute atomic E-state index is 0.0232. The Kier molecular flexibility index (Phi) is 6.33. The van der Waals surface area contributed by atoms with Gasteiger partial charge in [0.05, 0.1) is 6.61 Å². The van der Waals surface area contributed by atoms with Crippen molar-refractivity contribution in [2.45, 2.75) is 25.9 Å². The second-order valence-corrected chi connectivity index (χ2v) is 5.88. The van der Waals surface area contributed by atoms with Gasteiger partial charge in [0.1, 0.15) is 0 Å². The average molecular weight is 330 g/mol. The van der Waals surface area contributed by atoms with Gasteiger partial charge in [0, 0.05) is 24.1 Å². The summed E-state index contributed by atoms with van der Waals surface area (Å²) < 4.78 is 44.5. The van der Waals surface area contributed by atoms with Crippen LogP contribution in [-0.2, 0) is 11.3 Å². The van der Waals surface area contributed by atoms with Crippen molar-refractivity contribution in [2.24, 2.45) is 10.7 Å². The number of benzene rings is 1. The Hall–Kier alpha value is -1.47. The molecular formula is C15H17F3N2OS. The SMILES string of the molecule is NC1=NC=C(CCCCOCc2ccc(F)c(F)c2F)CS1. The molecule has 2 N–H and O–H groups in total. The predicted octanol–water partition coefficient (Wildman–Crippen LogP) is 3.74. The molecule has 0 unspecified atom stereocenters. The first-order valence-corrected chi connectivity index (χ1v) is 7.90. The van der Waals surface area contributed by atoms with Crippen molar-refractivity contribution in [3.05, 3.63) is 46.9 Å². The second-order valence-electron chi connectivity index (χ2n) is 4.89. The first-order valence-electron chi connectivity index (χ1n) is 6.92. The molecule has 1 aliphatic rings. The highest BCUT2D eigenvalue weighted by atomic mass is 32.2.